The first-order valence-corrected chi connectivity index (χ1v) is 7.27. The SMILES string of the molecule is COc1cc(Cl)c(C)cc1NC(=O)c1n[nH]c2c1COCC2. The Labute approximate surface area is 132 Å². The number of hydrogen-bond acceptors (Lipinski definition) is 4. The lowest BCUT2D eigenvalue weighted by molar-refractivity contribution is 0.0985. The van der Waals surface area contributed by atoms with E-state index in [0.29, 0.717) is 35.4 Å². The van der Waals surface area contributed by atoms with Crippen molar-refractivity contribution in [2.24, 2.45) is 0 Å². The molecular weight excluding hydrogens is 306 g/mol. The molecule has 116 valence electrons. The van der Waals surface area contributed by atoms with E-state index in [1.165, 1.54) is 7.11 Å². The molecule has 1 amide bonds. The lowest BCUT2D eigenvalue weighted by Gasteiger charge is -2.14. The number of aromatic nitrogens is 2. The standard InChI is InChI=1S/C15H16ClN3O3/c1-8-5-12(13(21-2)6-10(8)16)17-15(20)14-9-7-22-4-3-11(9)18-19-14/h5-6H,3-4,7H2,1-2H3,(H,17,20)(H,18,19). The number of H-pyrrole nitrogens is 1. The first kappa shape index (κ1) is 14.9. The average Bonchev–Trinajstić information content (AvgIpc) is 2.94. The molecule has 2 aromatic rings. The summed E-state index contributed by atoms with van der Waals surface area (Å²) in [5.74, 6) is 0.202. The molecule has 2 N–H and O–H groups in total. The van der Waals surface area contributed by atoms with Crippen molar-refractivity contribution >= 4 is 23.2 Å². The first-order chi connectivity index (χ1) is 10.6. The van der Waals surface area contributed by atoms with Crippen LogP contribution in [0.5, 0.6) is 5.75 Å². The molecule has 0 atom stereocenters. The molecule has 22 heavy (non-hydrogen) atoms. The number of halogens is 1. The number of methoxy groups -OCH3 is 1. The van der Waals surface area contributed by atoms with Gasteiger partial charge < -0.3 is 14.8 Å². The second kappa shape index (κ2) is 5.98. The van der Waals surface area contributed by atoms with Crippen LogP contribution in [0.1, 0.15) is 27.3 Å². The maximum Gasteiger partial charge on any atom is 0.276 e. The molecule has 1 aromatic carbocycles. The van der Waals surface area contributed by atoms with E-state index in [2.05, 4.69) is 15.5 Å². The maximum atomic E-state index is 12.5. The number of aromatic amines is 1. The second-order valence-corrected chi connectivity index (χ2v) is 5.49. The summed E-state index contributed by atoms with van der Waals surface area (Å²) in [6, 6.07) is 3.45. The fourth-order valence-corrected chi connectivity index (χ4v) is 2.56. The molecule has 0 fully saturated rings. The second-order valence-electron chi connectivity index (χ2n) is 5.09. The summed E-state index contributed by atoms with van der Waals surface area (Å²) in [6.45, 7) is 2.90. The van der Waals surface area contributed by atoms with E-state index >= 15 is 0 Å². The van der Waals surface area contributed by atoms with E-state index < -0.39 is 0 Å². The third-order valence-electron chi connectivity index (χ3n) is 3.64. The first-order valence-electron chi connectivity index (χ1n) is 6.89. The zero-order chi connectivity index (χ0) is 15.7. The summed E-state index contributed by atoms with van der Waals surface area (Å²) < 4.78 is 10.7. The molecule has 0 unspecified atom stereocenters. The Balaban J connectivity index is 1.89. The molecular formula is C15H16ClN3O3. The number of amides is 1. The van der Waals surface area contributed by atoms with Crippen LogP contribution in [-0.2, 0) is 17.8 Å². The molecule has 1 aliphatic rings. The molecule has 1 aromatic heterocycles. The molecule has 0 radical (unpaired) electrons. The van der Waals surface area contributed by atoms with Crippen molar-refractivity contribution in [1.82, 2.24) is 10.2 Å². The Morgan fingerprint density at radius 1 is 1.50 bits per heavy atom. The lowest BCUT2D eigenvalue weighted by atomic mass is 10.1. The minimum absolute atomic E-state index is 0.303. The molecule has 0 saturated heterocycles. The highest BCUT2D eigenvalue weighted by Crippen LogP contribution is 2.31. The van der Waals surface area contributed by atoms with E-state index in [1.807, 2.05) is 6.92 Å². The monoisotopic (exact) mass is 321 g/mol. The van der Waals surface area contributed by atoms with Gasteiger partial charge in [-0.25, -0.2) is 0 Å². The number of carbonyl (C=O) groups excluding carboxylic acids is 1. The summed E-state index contributed by atoms with van der Waals surface area (Å²) in [5.41, 5.74) is 3.53. The molecule has 0 saturated carbocycles. The zero-order valence-electron chi connectivity index (χ0n) is 12.3. The highest BCUT2D eigenvalue weighted by atomic mass is 35.5. The predicted octanol–water partition coefficient (Wildman–Crippen LogP) is 2.71. The van der Waals surface area contributed by atoms with Gasteiger partial charge in [0.2, 0.25) is 0 Å². The van der Waals surface area contributed by atoms with Crippen molar-refractivity contribution in [2.45, 2.75) is 20.0 Å². The molecule has 7 heteroatoms. The van der Waals surface area contributed by atoms with E-state index in [-0.39, 0.29) is 5.91 Å². The van der Waals surface area contributed by atoms with Crippen LogP contribution in [-0.4, -0.2) is 29.8 Å². The average molecular weight is 322 g/mol. The number of hydrogen-bond donors (Lipinski definition) is 2. The van der Waals surface area contributed by atoms with Gasteiger partial charge in [-0.2, -0.15) is 5.10 Å². The fraction of sp³-hybridized carbons (Fsp3) is 0.333. The lowest BCUT2D eigenvalue weighted by Crippen LogP contribution is -2.17. The number of rotatable bonds is 3. The van der Waals surface area contributed by atoms with Crippen LogP contribution in [0.3, 0.4) is 0 Å². The third kappa shape index (κ3) is 2.67. The Morgan fingerprint density at radius 2 is 2.32 bits per heavy atom. The van der Waals surface area contributed by atoms with Gasteiger partial charge in [-0.1, -0.05) is 11.6 Å². The van der Waals surface area contributed by atoms with Crippen molar-refractivity contribution in [3.05, 3.63) is 39.7 Å². The topological polar surface area (TPSA) is 76.2 Å². The van der Waals surface area contributed by atoms with E-state index in [1.54, 1.807) is 12.1 Å². The van der Waals surface area contributed by atoms with Gasteiger partial charge in [-0.3, -0.25) is 9.89 Å². The van der Waals surface area contributed by atoms with Crippen LogP contribution in [0.4, 0.5) is 5.69 Å². The normalized spacial score (nSPS) is 13.6. The third-order valence-corrected chi connectivity index (χ3v) is 4.05. The fourth-order valence-electron chi connectivity index (χ4n) is 2.41. The minimum Gasteiger partial charge on any atom is -0.495 e. The summed E-state index contributed by atoms with van der Waals surface area (Å²) in [6.07, 6.45) is 0.735. The number of nitrogens with one attached hydrogen (secondary N) is 2. The number of aryl methyl sites for hydroxylation is 1. The highest BCUT2D eigenvalue weighted by molar-refractivity contribution is 6.31. The largest absolute Gasteiger partial charge is 0.495 e. The number of nitrogens with zero attached hydrogens (tertiary/aromatic N) is 1. The van der Waals surface area contributed by atoms with E-state index in [0.717, 1.165) is 23.2 Å². The smallest absolute Gasteiger partial charge is 0.276 e. The van der Waals surface area contributed by atoms with E-state index in [4.69, 9.17) is 21.1 Å². The summed E-state index contributed by atoms with van der Waals surface area (Å²) >= 11 is 6.07. The number of ether oxygens (including phenoxy) is 2. The summed E-state index contributed by atoms with van der Waals surface area (Å²) in [5, 5.41) is 10.4. The predicted molar refractivity (Wildman–Crippen MR) is 82.6 cm³/mol. The van der Waals surface area contributed by atoms with Crippen molar-refractivity contribution in [1.29, 1.82) is 0 Å². The number of fused-ring (bicyclic) bond motifs is 1. The molecule has 0 bridgehead atoms. The minimum atomic E-state index is -0.303. The number of anilines is 1. The number of benzene rings is 1. The molecule has 2 heterocycles. The van der Waals surface area contributed by atoms with Crippen molar-refractivity contribution < 1.29 is 14.3 Å². The quantitative estimate of drug-likeness (QED) is 0.911. The van der Waals surface area contributed by atoms with Crippen molar-refractivity contribution in [3.8, 4) is 5.75 Å². The van der Waals surface area contributed by atoms with E-state index in [9.17, 15) is 4.79 Å². The Bertz CT molecular complexity index is 727. The number of carbonyl (C=O) groups is 1. The van der Waals surface area contributed by atoms with Gasteiger partial charge in [-0.15, -0.1) is 0 Å². The highest BCUT2D eigenvalue weighted by Gasteiger charge is 2.23. The van der Waals surface area contributed by atoms with Gasteiger partial charge in [0.15, 0.2) is 5.69 Å². The maximum absolute atomic E-state index is 12.5. The Hall–Kier alpha value is -2.05. The Kier molecular flexibility index (Phi) is 4.04. The van der Waals surface area contributed by atoms with Crippen LogP contribution >= 0.6 is 11.6 Å². The van der Waals surface area contributed by atoms with Crippen molar-refractivity contribution in [2.75, 3.05) is 19.0 Å². The van der Waals surface area contributed by atoms with Gasteiger partial charge in [-0.05, 0) is 18.6 Å². The summed E-state index contributed by atoms with van der Waals surface area (Å²) in [7, 11) is 1.53. The molecule has 0 aliphatic carbocycles. The summed E-state index contributed by atoms with van der Waals surface area (Å²) in [4.78, 5) is 12.5. The molecule has 0 spiro atoms. The molecule has 1 aliphatic heterocycles. The van der Waals surface area contributed by atoms with Crippen molar-refractivity contribution in [3.63, 3.8) is 0 Å². The van der Waals surface area contributed by atoms with Crippen LogP contribution in [0.2, 0.25) is 5.02 Å². The molecule has 3 rings (SSSR count). The van der Waals surface area contributed by atoms with Gasteiger partial charge in [0.05, 0.1) is 26.0 Å². The van der Waals surface area contributed by atoms with Crippen LogP contribution < -0.4 is 10.1 Å². The van der Waals surface area contributed by atoms with Gasteiger partial charge in [0.1, 0.15) is 5.75 Å². The molecule has 6 nitrogen and oxygen atoms in total. The van der Waals surface area contributed by atoms with Gasteiger partial charge in [0.25, 0.3) is 5.91 Å². The van der Waals surface area contributed by atoms with Crippen LogP contribution in [0.25, 0.3) is 0 Å². The van der Waals surface area contributed by atoms with Gasteiger partial charge >= 0.3 is 0 Å². The zero-order valence-corrected chi connectivity index (χ0v) is 13.1. The van der Waals surface area contributed by atoms with Gasteiger partial charge in [0, 0.05) is 28.8 Å². The van der Waals surface area contributed by atoms with Crippen LogP contribution in [0.15, 0.2) is 12.1 Å². The van der Waals surface area contributed by atoms with Crippen LogP contribution in [0, 0.1) is 6.92 Å². The Morgan fingerprint density at radius 3 is 3.09 bits per heavy atom.